The van der Waals surface area contributed by atoms with Gasteiger partial charge in [0.05, 0.1) is 6.42 Å². The number of benzene rings is 2. The lowest BCUT2D eigenvalue weighted by atomic mass is 10.1. The first-order chi connectivity index (χ1) is 10.1. The number of rotatable bonds is 5. The van der Waals surface area contributed by atoms with Gasteiger partial charge in [0.2, 0.25) is 5.91 Å². The summed E-state index contributed by atoms with van der Waals surface area (Å²) in [6, 6.07) is 16.2. The largest absolute Gasteiger partial charge is 0.336 e. The molecule has 0 saturated heterocycles. The zero-order valence-corrected chi connectivity index (χ0v) is 12.4. The van der Waals surface area contributed by atoms with Crippen LogP contribution in [0, 0.1) is 5.82 Å². The maximum atomic E-state index is 12.9. The van der Waals surface area contributed by atoms with Crippen molar-refractivity contribution in [2.45, 2.75) is 32.9 Å². The van der Waals surface area contributed by atoms with E-state index in [-0.39, 0.29) is 17.8 Å². The molecule has 0 aliphatic carbocycles. The Bertz CT molecular complexity index is 578. The molecule has 0 atom stereocenters. The van der Waals surface area contributed by atoms with Crippen LogP contribution in [0.1, 0.15) is 25.0 Å². The second kappa shape index (κ2) is 7.02. The molecule has 0 aliphatic rings. The summed E-state index contributed by atoms with van der Waals surface area (Å²) in [5.41, 5.74) is 1.94. The lowest BCUT2D eigenvalue weighted by Gasteiger charge is -2.27. The first-order valence-electron chi connectivity index (χ1n) is 7.14. The first kappa shape index (κ1) is 15.2. The number of carbonyl (C=O) groups excluding carboxylic acids is 1. The van der Waals surface area contributed by atoms with Crippen molar-refractivity contribution in [2.75, 3.05) is 0 Å². The third-order valence-electron chi connectivity index (χ3n) is 3.41. The van der Waals surface area contributed by atoms with E-state index in [0.717, 1.165) is 11.1 Å². The lowest BCUT2D eigenvalue weighted by molar-refractivity contribution is -0.132. The Morgan fingerprint density at radius 3 is 2.19 bits per heavy atom. The molecule has 21 heavy (non-hydrogen) atoms. The van der Waals surface area contributed by atoms with Gasteiger partial charge in [-0.25, -0.2) is 4.39 Å². The van der Waals surface area contributed by atoms with Crippen LogP contribution < -0.4 is 0 Å². The quantitative estimate of drug-likeness (QED) is 0.818. The van der Waals surface area contributed by atoms with Crippen molar-refractivity contribution in [3.63, 3.8) is 0 Å². The van der Waals surface area contributed by atoms with E-state index in [9.17, 15) is 9.18 Å². The predicted octanol–water partition coefficient (Wildman–Crippen LogP) is 3.81. The summed E-state index contributed by atoms with van der Waals surface area (Å²) in [4.78, 5) is 14.3. The number of carbonyl (C=O) groups is 1. The van der Waals surface area contributed by atoms with Gasteiger partial charge in [-0.05, 0) is 37.1 Å². The van der Waals surface area contributed by atoms with Gasteiger partial charge in [0.1, 0.15) is 5.82 Å². The molecule has 0 aliphatic heterocycles. The average molecular weight is 285 g/mol. The van der Waals surface area contributed by atoms with Crippen LogP contribution in [-0.4, -0.2) is 16.8 Å². The van der Waals surface area contributed by atoms with Gasteiger partial charge in [0.15, 0.2) is 0 Å². The molecule has 0 heterocycles. The van der Waals surface area contributed by atoms with Gasteiger partial charge in [-0.3, -0.25) is 4.79 Å². The normalized spacial score (nSPS) is 10.7. The van der Waals surface area contributed by atoms with Gasteiger partial charge in [-0.1, -0.05) is 42.5 Å². The number of hydrogen-bond acceptors (Lipinski definition) is 1. The molecule has 0 spiro atoms. The Balaban J connectivity index is 2.07. The number of amides is 1. The molecule has 0 radical (unpaired) electrons. The molecule has 2 aromatic rings. The van der Waals surface area contributed by atoms with Gasteiger partial charge >= 0.3 is 0 Å². The highest BCUT2D eigenvalue weighted by Gasteiger charge is 2.17. The summed E-state index contributed by atoms with van der Waals surface area (Å²) in [7, 11) is 0. The Hall–Kier alpha value is -2.16. The second-order valence-electron chi connectivity index (χ2n) is 5.40. The highest BCUT2D eigenvalue weighted by atomic mass is 19.1. The molecule has 0 aromatic heterocycles. The minimum atomic E-state index is -0.281. The zero-order chi connectivity index (χ0) is 15.2. The van der Waals surface area contributed by atoms with Crippen LogP contribution in [0.15, 0.2) is 54.6 Å². The van der Waals surface area contributed by atoms with Crippen molar-refractivity contribution in [1.82, 2.24) is 4.90 Å². The number of hydrogen-bond donors (Lipinski definition) is 0. The van der Waals surface area contributed by atoms with Crippen molar-refractivity contribution >= 4 is 5.91 Å². The van der Waals surface area contributed by atoms with Gasteiger partial charge in [0.25, 0.3) is 0 Å². The van der Waals surface area contributed by atoms with Gasteiger partial charge < -0.3 is 4.90 Å². The van der Waals surface area contributed by atoms with E-state index in [0.29, 0.717) is 13.0 Å². The monoisotopic (exact) mass is 285 g/mol. The SMILES string of the molecule is CC(C)N(Cc1ccccc1)C(=O)Cc1ccc(F)cc1. The minimum absolute atomic E-state index is 0.0560. The summed E-state index contributed by atoms with van der Waals surface area (Å²) < 4.78 is 12.9. The highest BCUT2D eigenvalue weighted by Crippen LogP contribution is 2.12. The molecular weight excluding hydrogens is 265 g/mol. The van der Waals surface area contributed by atoms with Crippen LogP contribution in [0.5, 0.6) is 0 Å². The maximum Gasteiger partial charge on any atom is 0.227 e. The summed E-state index contributed by atoms with van der Waals surface area (Å²) in [5.74, 6) is -0.225. The Morgan fingerprint density at radius 1 is 1.00 bits per heavy atom. The topological polar surface area (TPSA) is 20.3 Å². The molecule has 2 rings (SSSR count). The molecule has 0 N–H and O–H groups in total. The predicted molar refractivity (Wildman–Crippen MR) is 82.2 cm³/mol. The Morgan fingerprint density at radius 2 is 1.62 bits per heavy atom. The van der Waals surface area contributed by atoms with E-state index < -0.39 is 0 Å². The summed E-state index contributed by atoms with van der Waals surface area (Å²) >= 11 is 0. The van der Waals surface area contributed by atoms with Crippen LogP contribution in [0.2, 0.25) is 0 Å². The number of nitrogens with zero attached hydrogens (tertiary/aromatic N) is 1. The fraction of sp³-hybridized carbons (Fsp3) is 0.278. The van der Waals surface area contributed by atoms with E-state index in [2.05, 4.69) is 0 Å². The second-order valence-corrected chi connectivity index (χ2v) is 5.40. The van der Waals surface area contributed by atoms with Crippen LogP contribution in [0.3, 0.4) is 0 Å². The van der Waals surface area contributed by atoms with E-state index in [1.807, 2.05) is 49.1 Å². The van der Waals surface area contributed by atoms with Crippen LogP contribution in [0.25, 0.3) is 0 Å². The van der Waals surface area contributed by atoms with Crippen molar-refractivity contribution < 1.29 is 9.18 Å². The van der Waals surface area contributed by atoms with E-state index in [4.69, 9.17) is 0 Å². The van der Waals surface area contributed by atoms with E-state index >= 15 is 0 Å². The molecule has 3 heteroatoms. The van der Waals surface area contributed by atoms with Crippen molar-refractivity contribution in [3.05, 3.63) is 71.5 Å². The van der Waals surface area contributed by atoms with Crippen LogP contribution >= 0.6 is 0 Å². The standard InChI is InChI=1S/C18H20FNO/c1-14(2)20(13-16-6-4-3-5-7-16)18(21)12-15-8-10-17(19)11-9-15/h3-11,14H,12-13H2,1-2H3. The highest BCUT2D eigenvalue weighted by molar-refractivity contribution is 5.79. The summed E-state index contributed by atoms with van der Waals surface area (Å²) in [5, 5.41) is 0. The molecule has 0 unspecified atom stereocenters. The molecule has 0 fully saturated rings. The van der Waals surface area contributed by atoms with Crippen LogP contribution in [0.4, 0.5) is 4.39 Å². The Labute approximate surface area is 125 Å². The molecule has 2 aromatic carbocycles. The molecular formula is C18H20FNO. The van der Waals surface area contributed by atoms with Crippen molar-refractivity contribution in [3.8, 4) is 0 Å². The van der Waals surface area contributed by atoms with Crippen LogP contribution in [-0.2, 0) is 17.8 Å². The average Bonchev–Trinajstić information content (AvgIpc) is 2.48. The summed E-state index contributed by atoms with van der Waals surface area (Å²) in [6.07, 6.45) is 0.297. The number of halogens is 1. The zero-order valence-electron chi connectivity index (χ0n) is 12.4. The molecule has 2 nitrogen and oxygen atoms in total. The van der Waals surface area contributed by atoms with Gasteiger partial charge in [-0.2, -0.15) is 0 Å². The third kappa shape index (κ3) is 4.42. The fourth-order valence-electron chi connectivity index (χ4n) is 2.22. The molecule has 0 bridgehead atoms. The first-order valence-corrected chi connectivity index (χ1v) is 7.14. The van der Waals surface area contributed by atoms with Crippen molar-refractivity contribution in [1.29, 1.82) is 0 Å². The van der Waals surface area contributed by atoms with Gasteiger partial charge in [0, 0.05) is 12.6 Å². The lowest BCUT2D eigenvalue weighted by Crippen LogP contribution is -2.37. The molecule has 1 amide bonds. The smallest absolute Gasteiger partial charge is 0.227 e. The molecule has 110 valence electrons. The third-order valence-corrected chi connectivity index (χ3v) is 3.41. The fourth-order valence-corrected chi connectivity index (χ4v) is 2.22. The molecule has 0 saturated carbocycles. The maximum absolute atomic E-state index is 12.9. The van der Waals surface area contributed by atoms with Gasteiger partial charge in [-0.15, -0.1) is 0 Å². The minimum Gasteiger partial charge on any atom is -0.336 e. The van der Waals surface area contributed by atoms with Crippen molar-refractivity contribution in [2.24, 2.45) is 0 Å². The van der Waals surface area contributed by atoms with E-state index in [1.165, 1.54) is 12.1 Å². The Kier molecular flexibility index (Phi) is 5.09. The summed E-state index contributed by atoms with van der Waals surface area (Å²) in [6.45, 7) is 4.61. The van der Waals surface area contributed by atoms with E-state index in [1.54, 1.807) is 12.1 Å².